The summed E-state index contributed by atoms with van der Waals surface area (Å²) in [6.07, 6.45) is 4.83. The highest BCUT2D eigenvalue weighted by molar-refractivity contribution is 7.14. The predicted octanol–water partition coefficient (Wildman–Crippen LogP) is 2.21. The van der Waals surface area contributed by atoms with Gasteiger partial charge in [-0.1, -0.05) is 6.42 Å². The van der Waals surface area contributed by atoms with Gasteiger partial charge in [-0.15, -0.1) is 11.3 Å². The summed E-state index contributed by atoms with van der Waals surface area (Å²) in [5, 5.41) is 11.8. The number of fused-ring (bicyclic) bond motifs is 1. The molecule has 0 spiro atoms. The van der Waals surface area contributed by atoms with Crippen molar-refractivity contribution in [1.29, 1.82) is 5.26 Å². The Morgan fingerprint density at radius 1 is 1.35 bits per heavy atom. The summed E-state index contributed by atoms with van der Waals surface area (Å²) in [6, 6.07) is 4.70. The standard InChI is InChI=1S/C15H17N3OS/c16-8-10-5-7-20-15(10)17-6-4-13(14(17)19)18-9-11-2-1-3-12(11)18/h5,7,11-13H,1-4,6,9H2. The Morgan fingerprint density at radius 3 is 3.05 bits per heavy atom. The van der Waals surface area contributed by atoms with Gasteiger partial charge in [-0.2, -0.15) is 5.26 Å². The second kappa shape index (κ2) is 4.57. The third-order valence-corrected chi connectivity index (χ3v) is 6.01. The molecule has 104 valence electrons. The first kappa shape index (κ1) is 12.4. The quantitative estimate of drug-likeness (QED) is 0.838. The summed E-state index contributed by atoms with van der Waals surface area (Å²) in [7, 11) is 0. The number of nitriles is 1. The zero-order valence-electron chi connectivity index (χ0n) is 11.3. The van der Waals surface area contributed by atoms with Gasteiger partial charge in [-0.05, 0) is 36.6 Å². The second-order valence-electron chi connectivity index (χ2n) is 6.00. The van der Waals surface area contributed by atoms with E-state index in [-0.39, 0.29) is 11.9 Å². The first-order valence-electron chi connectivity index (χ1n) is 7.34. The van der Waals surface area contributed by atoms with Crippen molar-refractivity contribution < 1.29 is 4.79 Å². The zero-order chi connectivity index (χ0) is 13.7. The van der Waals surface area contributed by atoms with Gasteiger partial charge in [0.05, 0.1) is 11.6 Å². The molecule has 0 radical (unpaired) electrons. The maximum Gasteiger partial charge on any atom is 0.245 e. The van der Waals surface area contributed by atoms with E-state index in [0.29, 0.717) is 11.6 Å². The molecule has 0 bridgehead atoms. The van der Waals surface area contributed by atoms with Crippen LogP contribution in [0.4, 0.5) is 5.00 Å². The van der Waals surface area contributed by atoms with E-state index in [2.05, 4.69) is 11.0 Å². The predicted molar refractivity (Wildman–Crippen MR) is 77.6 cm³/mol. The van der Waals surface area contributed by atoms with Gasteiger partial charge in [0, 0.05) is 19.1 Å². The summed E-state index contributed by atoms with van der Waals surface area (Å²) in [5.74, 6) is 1.04. The van der Waals surface area contributed by atoms with E-state index >= 15 is 0 Å². The average molecular weight is 287 g/mol. The van der Waals surface area contributed by atoms with Crippen molar-refractivity contribution in [2.24, 2.45) is 5.92 Å². The third kappa shape index (κ3) is 1.65. The summed E-state index contributed by atoms with van der Waals surface area (Å²) in [6.45, 7) is 1.86. The van der Waals surface area contributed by atoms with Crippen molar-refractivity contribution in [3.05, 3.63) is 17.0 Å². The molecule has 2 aliphatic heterocycles. The van der Waals surface area contributed by atoms with Gasteiger partial charge in [-0.25, -0.2) is 0 Å². The highest BCUT2D eigenvalue weighted by atomic mass is 32.1. The third-order valence-electron chi connectivity index (χ3n) is 5.08. The van der Waals surface area contributed by atoms with Crippen LogP contribution in [-0.2, 0) is 4.79 Å². The van der Waals surface area contributed by atoms with Crippen LogP contribution in [-0.4, -0.2) is 36.0 Å². The maximum absolute atomic E-state index is 12.7. The molecule has 0 N–H and O–H groups in total. The molecule has 3 aliphatic rings. The first-order valence-corrected chi connectivity index (χ1v) is 8.22. The number of hydrogen-bond acceptors (Lipinski definition) is 4. The number of rotatable bonds is 2. The van der Waals surface area contributed by atoms with Crippen LogP contribution >= 0.6 is 11.3 Å². The van der Waals surface area contributed by atoms with Crippen LogP contribution in [0.3, 0.4) is 0 Å². The molecule has 1 amide bonds. The molecule has 4 nitrogen and oxygen atoms in total. The first-order chi connectivity index (χ1) is 9.79. The lowest BCUT2D eigenvalue weighted by molar-refractivity contribution is -0.126. The van der Waals surface area contributed by atoms with Crippen molar-refractivity contribution in [2.45, 2.75) is 37.8 Å². The van der Waals surface area contributed by atoms with Crippen molar-refractivity contribution in [3.8, 4) is 6.07 Å². The van der Waals surface area contributed by atoms with Crippen LogP contribution in [0.5, 0.6) is 0 Å². The SMILES string of the molecule is N#Cc1ccsc1N1CCC(N2CC3CCCC32)C1=O. The lowest BCUT2D eigenvalue weighted by atomic mass is 9.89. The van der Waals surface area contributed by atoms with Crippen LogP contribution in [0.1, 0.15) is 31.2 Å². The molecule has 20 heavy (non-hydrogen) atoms. The number of nitrogens with zero attached hydrogens (tertiary/aromatic N) is 3. The van der Waals surface area contributed by atoms with Gasteiger partial charge in [0.1, 0.15) is 11.1 Å². The monoisotopic (exact) mass is 287 g/mol. The molecule has 4 rings (SSSR count). The molecule has 1 aromatic rings. The molecular weight excluding hydrogens is 270 g/mol. The molecule has 3 fully saturated rings. The van der Waals surface area contributed by atoms with Crippen molar-refractivity contribution in [1.82, 2.24) is 4.90 Å². The van der Waals surface area contributed by atoms with Gasteiger partial charge in [-0.3, -0.25) is 9.69 Å². The Kier molecular flexibility index (Phi) is 2.83. The number of likely N-dealkylation sites (tertiary alicyclic amines) is 1. The zero-order valence-corrected chi connectivity index (χ0v) is 12.1. The Hall–Kier alpha value is -1.38. The Balaban J connectivity index is 1.53. The van der Waals surface area contributed by atoms with Gasteiger partial charge in [0.2, 0.25) is 5.91 Å². The Labute approximate surface area is 122 Å². The van der Waals surface area contributed by atoms with E-state index in [1.165, 1.54) is 30.6 Å². The highest BCUT2D eigenvalue weighted by Crippen LogP contribution is 2.42. The van der Waals surface area contributed by atoms with Crippen molar-refractivity contribution in [3.63, 3.8) is 0 Å². The molecule has 1 aromatic heterocycles. The topological polar surface area (TPSA) is 47.3 Å². The summed E-state index contributed by atoms with van der Waals surface area (Å²) >= 11 is 1.50. The van der Waals surface area contributed by atoms with Crippen LogP contribution < -0.4 is 4.90 Å². The van der Waals surface area contributed by atoms with Gasteiger partial charge in [0.25, 0.3) is 0 Å². The molecule has 3 atom stereocenters. The normalized spacial score (nSPS) is 33.0. The number of anilines is 1. The number of carbonyl (C=O) groups is 1. The van der Waals surface area contributed by atoms with Gasteiger partial charge >= 0.3 is 0 Å². The summed E-state index contributed by atoms with van der Waals surface area (Å²) in [5.41, 5.74) is 0.631. The lowest BCUT2D eigenvalue weighted by Crippen LogP contribution is -2.59. The molecular formula is C15H17N3OS. The highest BCUT2D eigenvalue weighted by Gasteiger charge is 2.49. The van der Waals surface area contributed by atoms with Gasteiger partial charge in [0.15, 0.2) is 0 Å². The molecule has 0 aromatic carbocycles. The molecule has 1 aliphatic carbocycles. The fourth-order valence-electron chi connectivity index (χ4n) is 4.06. The molecule has 5 heteroatoms. The van der Waals surface area contributed by atoms with E-state index in [0.717, 1.165) is 30.4 Å². The number of thiophene rings is 1. The molecule has 3 heterocycles. The minimum atomic E-state index is 0.0583. The smallest absolute Gasteiger partial charge is 0.245 e. The Bertz CT molecular complexity index is 590. The van der Waals surface area contributed by atoms with Crippen LogP contribution in [0.2, 0.25) is 0 Å². The second-order valence-corrected chi connectivity index (χ2v) is 6.90. The van der Waals surface area contributed by atoms with E-state index < -0.39 is 0 Å². The largest absolute Gasteiger partial charge is 0.301 e. The van der Waals surface area contributed by atoms with E-state index in [9.17, 15) is 4.79 Å². The van der Waals surface area contributed by atoms with Crippen LogP contribution in [0, 0.1) is 17.2 Å². The molecule has 2 saturated heterocycles. The van der Waals surface area contributed by atoms with Crippen LogP contribution in [0.15, 0.2) is 11.4 Å². The average Bonchev–Trinajstić information content (AvgIpc) is 3.11. The van der Waals surface area contributed by atoms with E-state index in [1.807, 2.05) is 10.3 Å². The van der Waals surface area contributed by atoms with Crippen molar-refractivity contribution in [2.75, 3.05) is 18.0 Å². The fraction of sp³-hybridized carbons (Fsp3) is 0.600. The fourth-order valence-corrected chi connectivity index (χ4v) is 4.95. The van der Waals surface area contributed by atoms with E-state index in [1.54, 1.807) is 6.07 Å². The minimum Gasteiger partial charge on any atom is -0.301 e. The number of hydrogen-bond donors (Lipinski definition) is 0. The lowest BCUT2D eigenvalue weighted by Gasteiger charge is -2.47. The Morgan fingerprint density at radius 2 is 2.25 bits per heavy atom. The summed E-state index contributed by atoms with van der Waals surface area (Å²) < 4.78 is 0. The number of amides is 1. The molecule has 3 unspecified atom stereocenters. The molecule has 1 saturated carbocycles. The number of carbonyl (C=O) groups excluding carboxylic acids is 1. The summed E-state index contributed by atoms with van der Waals surface area (Å²) in [4.78, 5) is 16.9. The van der Waals surface area contributed by atoms with Crippen molar-refractivity contribution >= 4 is 22.2 Å². The van der Waals surface area contributed by atoms with E-state index in [4.69, 9.17) is 5.26 Å². The maximum atomic E-state index is 12.7. The van der Waals surface area contributed by atoms with Gasteiger partial charge < -0.3 is 4.90 Å². The minimum absolute atomic E-state index is 0.0583. The van der Waals surface area contributed by atoms with Crippen LogP contribution in [0.25, 0.3) is 0 Å².